The highest BCUT2D eigenvalue weighted by atomic mass is 32.1. The lowest BCUT2D eigenvalue weighted by molar-refractivity contribution is -0.147. The van der Waals surface area contributed by atoms with Gasteiger partial charge in [0.1, 0.15) is 29.5 Å². The first kappa shape index (κ1) is 64.2. The quantitative estimate of drug-likeness (QED) is 0.0252. The lowest BCUT2D eigenvalue weighted by atomic mass is 9.83. The molecule has 0 bridgehead atoms. The van der Waals surface area contributed by atoms with Crippen LogP contribution in [-0.4, -0.2) is 153 Å². The van der Waals surface area contributed by atoms with Crippen LogP contribution in [-0.2, 0) is 47.1 Å². The summed E-state index contributed by atoms with van der Waals surface area (Å²) in [7, 11) is 0. The van der Waals surface area contributed by atoms with E-state index in [1.54, 1.807) is 55.5 Å². The second-order valence-corrected chi connectivity index (χ2v) is 24.5. The number of nitrogens with zero attached hydrogens (tertiary/aromatic N) is 6. The Morgan fingerprint density at radius 1 is 0.837 bits per heavy atom. The molecule has 86 heavy (non-hydrogen) atoms. The number of thiazole rings is 1. The second-order valence-electron chi connectivity index (χ2n) is 23.6. The third-order valence-electron chi connectivity index (χ3n) is 15.5. The lowest BCUT2D eigenvalue weighted by Crippen LogP contribution is -2.56. The van der Waals surface area contributed by atoms with E-state index in [1.807, 2.05) is 112 Å². The Kier molecular flexibility index (Phi) is 22.4. The van der Waals surface area contributed by atoms with E-state index in [0.717, 1.165) is 63.5 Å². The molecule has 21 nitrogen and oxygen atoms in total. The number of carbonyl (C=O) groups is 5. The zero-order valence-electron chi connectivity index (χ0n) is 50.5. The summed E-state index contributed by atoms with van der Waals surface area (Å²) < 4.78 is 23.2. The molecule has 0 saturated carbocycles. The van der Waals surface area contributed by atoms with Gasteiger partial charge in [0.2, 0.25) is 17.7 Å². The number of aryl methyl sites for hydroxylation is 1. The Morgan fingerprint density at radius 2 is 1.57 bits per heavy atom. The summed E-state index contributed by atoms with van der Waals surface area (Å²) >= 11 is 1.58. The van der Waals surface area contributed by atoms with E-state index < -0.39 is 34.7 Å². The normalized spacial score (nSPS) is 16.3. The molecule has 2 saturated heterocycles. The minimum atomic E-state index is -1.08. The average molecular weight is 1200 g/mol. The zero-order chi connectivity index (χ0) is 61.3. The molecule has 8 rings (SSSR count). The molecule has 460 valence electrons. The monoisotopic (exact) mass is 1200 g/mol. The zero-order valence-corrected chi connectivity index (χ0v) is 51.3. The highest BCUT2D eigenvalue weighted by molar-refractivity contribution is 7.13. The van der Waals surface area contributed by atoms with Gasteiger partial charge in [0.25, 0.3) is 5.91 Å². The number of carbonyl (C=O) groups excluding carboxylic acids is 5. The predicted octanol–water partition coefficient (Wildman–Crippen LogP) is 8.39. The van der Waals surface area contributed by atoms with E-state index in [9.17, 15) is 29.1 Å². The number of hydrogen-bond donors (Lipinski definition) is 6. The van der Waals surface area contributed by atoms with Crippen LogP contribution in [0.15, 0.2) is 103 Å². The Labute approximate surface area is 507 Å². The Morgan fingerprint density at radius 3 is 2.31 bits per heavy atom. The lowest BCUT2D eigenvalue weighted by Gasteiger charge is -2.41. The van der Waals surface area contributed by atoms with Crippen molar-refractivity contribution in [2.24, 2.45) is 5.41 Å². The fourth-order valence-corrected chi connectivity index (χ4v) is 11.1. The van der Waals surface area contributed by atoms with Gasteiger partial charge in [0.15, 0.2) is 11.6 Å². The van der Waals surface area contributed by atoms with Gasteiger partial charge in [-0.05, 0) is 153 Å². The molecular weight excluding hydrogens is 1110 g/mol. The Bertz CT molecular complexity index is 3190. The number of ether oxygens (including phenoxy) is 4. The first-order chi connectivity index (χ1) is 41.3. The molecule has 0 spiro atoms. The standard InChI is InChI=1S/C64H83N11O10S/c1-43-55(86-42-68-43)47-20-18-46(19-21-47)39-67-58(79)53-38-51(76)40-75(53)60(80)63(6,7)44(2)69-54(77)41-83-34-13-33-82-32-9-8-10-35-84-52-17-11-14-45(36-52)22-29-66-57(78)49-15-12-16-50(37-49)71-64(25-30-74(31-26-64)61(81)85-62(3,4)5)59-70-56(72-73-59)48-23-27-65-28-24-48/h11-12,14-21,23-24,27-28,36-37,42,44,51,53,71,76H,8-10,13,22,25-26,29-35,38-41H2,1-7H3,(H,66,78)(H,67,79)(H,69,77)(H,70,72,73)/t44-,51+,53-/m0/s1. The largest absolute Gasteiger partial charge is 0.494 e. The maximum Gasteiger partial charge on any atom is 0.410 e. The van der Waals surface area contributed by atoms with Crippen molar-refractivity contribution in [2.75, 3.05) is 64.5 Å². The molecule has 6 N–H and O–H groups in total. The number of unbranched alkanes of at least 4 members (excludes halogenated alkanes) is 2. The molecule has 0 unspecified atom stereocenters. The average Bonchev–Trinajstić information content (AvgIpc) is 2.74. The maximum absolute atomic E-state index is 13.9. The molecule has 5 heterocycles. The topological polar surface area (TPSA) is 264 Å². The van der Waals surface area contributed by atoms with Crippen LogP contribution in [0.25, 0.3) is 21.8 Å². The smallest absolute Gasteiger partial charge is 0.410 e. The van der Waals surface area contributed by atoms with E-state index >= 15 is 0 Å². The molecule has 0 radical (unpaired) electrons. The van der Waals surface area contributed by atoms with Crippen molar-refractivity contribution in [3.63, 3.8) is 0 Å². The number of piperidine rings is 1. The van der Waals surface area contributed by atoms with Crippen molar-refractivity contribution < 1.29 is 48.0 Å². The summed E-state index contributed by atoms with van der Waals surface area (Å²) in [6.45, 7) is 16.1. The van der Waals surface area contributed by atoms with Gasteiger partial charge in [-0.25, -0.2) is 14.8 Å². The Hall–Kier alpha value is -7.79. The molecule has 3 aromatic heterocycles. The number of pyridine rings is 1. The molecule has 2 fully saturated rings. The van der Waals surface area contributed by atoms with Crippen LogP contribution in [0.4, 0.5) is 10.5 Å². The number of aliphatic hydroxyl groups is 1. The predicted molar refractivity (Wildman–Crippen MR) is 328 cm³/mol. The number of benzene rings is 3. The first-order valence-corrected chi connectivity index (χ1v) is 30.6. The molecule has 3 aromatic carbocycles. The summed E-state index contributed by atoms with van der Waals surface area (Å²) in [6, 6.07) is 25.4. The van der Waals surface area contributed by atoms with Crippen LogP contribution < -0.4 is 26.0 Å². The molecule has 2 aliphatic heterocycles. The van der Waals surface area contributed by atoms with Gasteiger partial charge in [-0.15, -0.1) is 11.3 Å². The summed E-state index contributed by atoms with van der Waals surface area (Å²) in [5.74, 6) is 0.690. The number of aromatic nitrogens is 5. The number of likely N-dealkylation sites (tertiary alicyclic amines) is 2. The third-order valence-corrected chi connectivity index (χ3v) is 16.5. The van der Waals surface area contributed by atoms with Crippen LogP contribution in [0.1, 0.15) is 119 Å². The third kappa shape index (κ3) is 17.9. The highest BCUT2D eigenvalue weighted by Gasteiger charge is 2.46. The number of β-amino-alcohol motifs (C(OH)–C–C–N with tert-alkyl or cyclic N) is 1. The van der Waals surface area contributed by atoms with Gasteiger partial charge in [-0.1, -0.05) is 42.5 Å². The van der Waals surface area contributed by atoms with Gasteiger partial charge in [0.05, 0.1) is 34.2 Å². The summed E-state index contributed by atoms with van der Waals surface area (Å²) in [4.78, 5) is 84.3. The maximum atomic E-state index is 13.9. The summed E-state index contributed by atoms with van der Waals surface area (Å²) in [6.07, 6.45) is 7.21. The fourth-order valence-electron chi connectivity index (χ4n) is 10.3. The van der Waals surface area contributed by atoms with Crippen molar-refractivity contribution >= 4 is 46.7 Å². The van der Waals surface area contributed by atoms with Gasteiger partial charge in [0, 0.05) is 94.2 Å². The van der Waals surface area contributed by atoms with E-state index in [2.05, 4.69) is 41.4 Å². The van der Waals surface area contributed by atoms with Gasteiger partial charge in [-0.2, -0.15) is 5.10 Å². The number of H-pyrrole nitrogens is 1. The van der Waals surface area contributed by atoms with Gasteiger partial charge >= 0.3 is 6.09 Å². The van der Waals surface area contributed by atoms with Crippen molar-refractivity contribution in [3.8, 4) is 27.6 Å². The van der Waals surface area contributed by atoms with E-state index in [-0.39, 0.29) is 55.8 Å². The minimum Gasteiger partial charge on any atom is -0.494 e. The van der Waals surface area contributed by atoms with Crippen LogP contribution in [0, 0.1) is 12.3 Å². The minimum absolute atomic E-state index is 0.0271. The molecule has 6 aromatic rings. The summed E-state index contributed by atoms with van der Waals surface area (Å²) in [5.41, 5.74) is 5.41. The molecule has 2 aliphatic rings. The SMILES string of the molecule is Cc1ncsc1-c1ccc(CNC(=O)[C@@H]2C[C@@H](O)CN2C(=O)C(C)(C)[C@H](C)NC(=O)COCCCOCCCCCOc2cccc(CCNC(=O)c3cccc(NC4(c5nc(-c6ccncc6)n[nH]5)CCN(C(=O)OC(C)(C)C)CC4)c3)c2)cc1. The first-order valence-electron chi connectivity index (χ1n) is 29.7. The number of nitrogens with one attached hydrogen (secondary N) is 5. The van der Waals surface area contributed by atoms with E-state index in [1.165, 1.54) is 4.90 Å². The molecule has 22 heteroatoms. The van der Waals surface area contributed by atoms with E-state index in [0.29, 0.717) is 89.0 Å². The summed E-state index contributed by atoms with van der Waals surface area (Å²) in [5, 5.41) is 30.8. The van der Waals surface area contributed by atoms with Crippen LogP contribution >= 0.6 is 11.3 Å². The van der Waals surface area contributed by atoms with Crippen molar-refractivity contribution in [2.45, 2.75) is 136 Å². The number of anilines is 1. The van der Waals surface area contributed by atoms with Gasteiger partial charge in [-0.3, -0.25) is 29.3 Å². The van der Waals surface area contributed by atoms with Crippen molar-refractivity contribution in [3.05, 3.63) is 131 Å². The fraction of sp³-hybridized carbons (Fsp3) is 0.484. The number of rotatable bonds is 28. The number of aliphatic hydroxyl groups excluding tert-OH is 1. The number of aromatic amines is 1. The number of amides is 5. The number of hydrogen-bond acceptors (Lipinski definition) is 16. The molecule has 0 aliphatic carbocycles. The Balaban J connectivity index is 0.676. The van der Waals surface area contributed by atoms with Crippen molar-refractivity contribution in [1.82, 2.24) is 50.9 Å². The van der Waals surface area contributed by atoms with Crippen LogP contribution in [0.5, 0.6) is 5.75 Å². The second kappa shape index (κ2) is 30.0. The van der Waals surface area contributed by atoms with Crippen LogP contribution in [0.3, 0.4) is 0 Å². The molecule has 5 amide bonds. The van der Waals surface area contributed by atoms with E-state index in [4.69, 9.17) is 23.9 Å². The molecule has 3 atom stereocenters. The highest BCUT2D eigenvalue weighted by Crippen LogP contribution is 2.37. The molecular formula is C64H83N11O10S. The van der Waals surface area contributed by atoms with Crippen molar-refractivity contribution in [1.29, 1.82) is 0 Å². The van der Waals surface area contributed by atoms with Crippen LogP contribution in [0.2, 0.25) is 0 Å². The van der Waals surface area contributed by atoms with Gasteiger partial charge < -0.3 is 55.1 Å².